The van der Waals surface area contributed by atoms with Crippen LogP contribution in [0.2, 0.25) is 0 Å². The second-order valence-electron chi connectivity index (χ2n) is 7.45. The second kappa shape index (κ2) is 9.45. The van der Waals surface area contributed by atoms with Crippen molar-refractivity contribution in [1.82, 2.24) is 20.0 Å². The molecule has 3 aromatic rings. The van der Waals surface area contributed by atoms with E-state index in [1.54, 1.807) is 7.11 Å². The minimum absolute atomic E-state index is 0.0204. The number of urea groups is 1. The SMILES string of the molecule is COc1ccccc1[C@@H](CNC(=O)Nc1cccc(-n2nc(C)cc2C)c1)N(C)C. The van der Waals surface area contributed by atoms with Gasteiger partial charge < -0.3 is 20.3 Å². The Morgan fingerprint density at radius 1 is 1.13 bits per heavy atom. The first-order chi connectivity index (χ1) is 14.4. The number of rotatable bonds is 7. The van der Waals surface area contributed by atoms with E-state index in [0.29, 0.717) is 12.2 Å². The Labute approximate surface area is 177 Å². The third-order valence-corrected chi connectivity index (χ3v) is 4.94. The normalized spacial score (nSPS) is 11.9. The Hall–Kier alpha value is -3.32. The number of ether oxygens (including phenoxy) is 1. The molecule has 1 aromatic heterocycles. The van der Waals surface area contributed by atoms with E-state index in [2.05, 4.69) is 20.6 Å². The molecule has 0 aliphatic carbocycles. The Balaban J connectivity index is 1.68. The van der Waals surface area contributed by atoms with Crippen molar-refractivity contribution >= 4 is 11.7 Å². The number of amides is 2. The Kier molecular flexibility index (Phi) is 6.74. The number of nitrogens with one attached hydrogen (secondary N) is 2. The van der Waals surface area contributed by atoms with Crippen LogP contribution < -0.4 is 15.4 Å². The lowest BCUT2D eigenvalue weighted by Gasteiger charge is -2.26. The van der Waals surface area contributed by atoms with Gasteiger partial charge in [-0.15, -0.1) is 0 Å². The van der Waals surface area contributed by atoms with Crippen LogP contribution in [0, 0.1) is 13.8 Å². The summed E-state index contributed by atoms with van der Waals surface area (Å²) >= 11 is 0. The Morgan fingerprint density at radius 3 is 2.57 bits per heavy atom. The summed E-state index contributed by atoms with van der Waals surface area (Å²) in [7, 11) is 5.62. The van der Waals surface area contributed by atoms with Crippen molar-refractivity contribution in [2.75, 3.05) is 33.1 Å². The van der Waals surface area contributed by atoms with Gasteiger partial charge in [-0.05, 0) is 58.3 Å². The van der Waals surface area contributed by atoms with Crippen LogP contribution in [-0.4, -0.2) is 48.5 Å². The van der Waals surface area contributed by atoms with Crippen molar-refractivity contribution in [3.63, 3.8) is 0 Å². The van der Waals surface area contributed by atoms with E-state index in [-0.39, 0.29) is 12.1 Å². The first-order valence-corrected chi connectivity index (χ1v) is 9.87. The Bertz CT molecular complexity index is 1010. The average Bonchev–Trinajstić information content (AvgIpc) is 3.06. The zero-order chi connectivity index (χ0) is 21.7. The van der Waals surface area contributed by atoms with Gasteiger partial charge in [-0.3, -0.25) is 0 Å². The quantitative estimate of drug-likeness (QED) is 0.623. The number of methoxy groups -OCH3 is 1. The summed E-state index contributed by atoms with van der Waals surface area (Å²) in [4.78, 5) is 14.6. The fraction of sp³-hybridized carbons (Fsp3) is 0.304. The summed E-state index contributed by atoms with van der Waals surface area (Å²) in [5, 5.41) is 10.4. The van der Waals surface area contributed by atoms with Gasteiger partial charge in [0.25, 0.3) is 0 Å². The fourth-order valence-corrected chi connectivity index (χ4v) is 3.48. The predicted molar refractivity (Wildman–Crippen MR) is 119 cm³/mol. The van der Waals surface area contributed by atoms with Gasteiger partial charge in [0.05, 0.1) is 24.5 Å². The smallest absolute Gasteiger partial charge is 0.319 e. The maximum Gasteiger partial charge on any atom is 0.319 e. The number of likely N-dealkylation sites (N-methyl/N-ethyl adjacent to an activating group) is 1. The molecular weight excluding hydrogens is 378 g/mol. The molecule has 0 fully saturated rings. The molecular formula is C23H29N5O2. The number of anilines is 1. The minimum atomic E-state index is -0.262. The van der Waals surface area contributed by atoms with Gasteiger partial charge in [0.15, 0.2) is 0 Å². The fourth-order valence-electron chi connectivity index (χ4n) is 3.48. The molecule has 1 heterocycles. The first kappa shape index (κ1) is 21.4. The van der Waals surface area contributed by atoms with Crippen LogP contribution in [-0.2, 0) is 0 Å². The van der Waals surface area contributed by atoms with Crippen molar-refractivity contribution in [2.45, 2.75) is 19.9 Å². The van der Waals surface area contributed by atoms with E-state index < -0.39 is 0 Å². The van der Waals surface area contributed by atoms with Gasteiger partial charge in [-0.2, -0.15) is 5.10 Å². The third-order valence-electron chi connectivity index (χ3n) is 4.94. The van der Waals surface area contributed by atoms with Gasteiger partial charge in [0.2, 0.25) is 0 Å². The van der Waals surface area contributed by atoms with Crippen LogP contribution in [0.4, 0.5) is 10.5 Å². The maximum absolute atomic E-state index is 12.5. The molecule has 3 rings (SSSR count). The molecule has 158 valence electrons. The summed E-state index contributed by atoms with van der Waals surface area (Å²) < 4.78 is 7.35. The average molecular weight is 408 g/mol. The van der Waals surface area contributed by atoms with E-state index in [4.69, 9.17) is 4.74 Å². The second-order valence-corrected chi connectivity index (χ2v) is 7.45. The number of nitrogens with zero attached hydrogens (tertiary/aromatic N) is 3. The standard InChI is InChI=1S/C23H29N5O2/c1-16-13-17(2)28(26-16)19-10-8-9-18(14-19)25-23(29)24-15-21(27(3)4)20-11-6-7-12-22(20)30-5/h6-14,21H,15H2,1-5H3,(H2,24,25,29)/t21-/m1/s1. The number of benzene rings is 2. The molecule has 2 aromatic carbocycles. The van der Waals surface area contributed by atoms with Crippen molar-refractivity contribution in [2.24, 2.45) is 0 Å². The van der Waals surface area contributed by atoms with Crippen LogP contribution in [0.15, 0.2) is 54.6 Å². The lowest BCUT2D eigenvalue weighted by atomic mass is 10.0. The highest BCUT2D eigenvalue weighted by Crippen LogP contribution is 2.27. The van der Waals surface area contributed by atoms with Crippen molar-refractivity contribution < 1.29 is 9.53 Å². The molecule has 30 heavy (non-hydrogen) atoms. The van der Waals surface area contributed by atoms with Crippen LogP contribution >= 0.6 is 0 Å². The van der Waals surface area contributed by atoms with E-state index in [0.717, 1.165) is 28.4 Å². The lowest BCUT2D eigenvalue weighted by Crippen LogP contribution is -2.37. The highest BCUT2D eigenvalue weighted by Gasteiger charge is 2.19. The van der Waals surface area contributed by atoms with Crippen molar-refractivity contribution in [1.29, 1.82) is 0 Å². The largest absolute Gasteiger partial charge is 0.496 e. The van der Waals surface area contributed by atoms with Crippen LogP contribution in [0.3, 0.4) is 0 Å². The van der Waals surface area contributed by atoms with E-state index in [1.807, 2.05) is 87.2 Å². The van der Waals surface area contributed by atoms with E-state index in [9.17, 15) is 4.79 Å². The van der Waals surface area contributed by atoms with Crippen LogP contribution in [0.25, 0.3) is 5.69 Å². The molecule has 0 radical (unpaired) electrons. The highest BCUT2D eigenvalue weighted by molar-refractivity contribution is 5.89. The van der Waals surface area contributed by atoms with Gasteiger partial charge >= 0.3 is 6.03 Å². The summed E-state index contributed by atoms with van der Waals surface area (Å²) in [5.41, 5.74) is 4.63. The summed E-state index contributed by atoms with van der Waals surface area (Å²) in [5.74, 6) is 0.802. The molecule has 0 saturated carbocycles. The molecule has 0 spiro atoms. The minimum Gasteiger partial charge on any atom is -0.496 e. The summed E-state index contributed by atoms with van der Waals surface area (Å²) in [6.45, 7) is 4.41. The number of hydrogen-bond acceptors (Lipinski definition) is 4. The van der Waals surface area contributed by atoms with E-state index in [1.165, 1.54) is 0 Å². The van der Waals surface area contributed by atoms with Crippen LogP contribution in [0.5, 0.6) is 5.75 Å². The maximum atomic E-state index is 12.5. The summed E-state index contributed by atoms with van der Waals surface area (Å²) in [6, 6.07) is 17.2. The van der Waals surface area contributed by atoms with Gasteiger partial charge in [-0.1, -0.05) is 24.3 Å². The number of para-hydroxylation sites is 1. The van der Waals surface area contributed by atoms with Crippen molar-refractivity contribution in [3.8, 4) is 11.4 Å². The number of aryl methyl sites for hydroxylation is 2. The predicted octanol–water partition coefficient (Wildman–Crippen LogP) is 3.92. The molecule has 0 aliphatic rings. The molecule has 0 bridgehead atoms. The number of hydrogen-bond donors (Lipinski definition) is 2. The first-order valence-electron chi connectivity index (χ1n) is 9.87. The third kappa shape index (κ3) is 4.99. The van der Waals surface area contributed by atoms with Crippen molar-refractivity contribution in [3.05, 3.63) is 71.5 Å². The monoisotopic (exact) mass is 407 g/mol. The Morgan fingerprint density at radius 2 is 1.90 bits per heavy atom. The number of carbonyl (C=O) groups is 1. The molecule has 2 N–H and O–H groups in total. The zero-order valence-electron chi connectivity index (χ0n) is 18.1. The number of carbonyl (C=O) groups excluding carboxylic acids is 1. The molecule has 1 atom stereocenters. The summed E-state index contributed by atoms with van der Waals surface area (Å²) in [6.07, 6.45) is 0. The lowest BCUT2D eigenvalue weighted by molar-refractivity contribution is 0.242. The molecule has 0 saturated heterocycles. The topological polar surface area (TPSA) is 71.4 Å². The zero-order valence-corrected chi connectivity index (χ0v) is 18.1. The molecule has 2 amide bonds. The number of aromatic nitrogens is 2. The van der Waals surface area contributed by atoms with Gasteiger partial charge in [0, 0.05) is 23.5 Å². The van der Waals surface area contributed by atoms with Gasteiger partial charge in [0.1, 0.15) is 5.75 Å². The molecule has 0 aliphatic heterocycles. The van der Waals surface area contributed by atoms with Gasteiger partial charge in [-0.25, -0.2) is 9.48 Å². The van der Waals surface area contributed by atoms with Crippen LogP contribution in [0.1, 0.15) is 23.0 Å². The molecule has 7 nitrogen and oxygen atoms in total. The van der Waals surface area contributed by atoms with E-state index >= 15 is 0 Å². The molecule has 0 unspecified atom stereocenters. The highest BCUT2D eigenvalue weighted by atomic mass is 16.5. The molecule has 7 heteroatoms.